The third kappa shape index (κ3) is 4.98. The maximum Gasteiger partial charge on any atom is 0.166 e. The van der Waals surface area contributed by atoms with Crippen molar-refractivity contribution < 1.29 is 4.79 Å². The summed E-state index contributed by atoms with van der Waals surface area (Å²) >= 11 is 0. The van der Waals surface area contributed by atoms with E-state index in [1.165, 1.54) is 38.5 Å². The lowest BCUT2D eigenvalue weighted by molar-refractivity contribution is 0.0986. The molecule has 0 atom stereocenters. The minimum absolute atomic E-state index is 0.248. The van der Waals surface area contributed by atoms with Crippen LogP contribution in [0.25, 0.3) is 0 Å². The van der Waals surface area contributed by atoms with E-state index in [9.17, 15) is 4.79 Å². The lowest BCUT2D eigenvalue weighted by Gasteiger charge is -2.07. The Morgan fingerprint density at radius 2 is 1.62 bits per heavy atom. The summed E-state index contributed by atoms with van der Waals surface area (Å²) in [6.45, 7) is 9.35. The normalized spacial score (nSPS) is 11.0. The van der Waals surface area contributed by atoms with Crippen molar-refractivity contribution in [3.8, 4) is 0 Å². The molecule has 0 aliphatic heterocycles. The standard InChI is InChI=1S/C18H32N2O/c1-5-9-10-11-12-13-14-20-16(7-3)18(17(21)8-4)15(6-2)19-20/h5-14H2,1-4H3. The van der Waals surface area contributed by atoms with Crippen molar-refractivity contribution in [3.63, 3.8) is 0 Å². The van der Waals surface area contributed by atoms with Gasteiger partial charge in [0.25, 0.3) is 0 Å². The molecule has 1 heterocycles. The van der Waals surface area contributed by atoms with Gasteiger partial charge in [0.05, 0.1) is 11.3 Å². The molecular formula is C18H32N2O. The predicted octanol–water partition coefficient (Wildman–Crippen LogP) is 4.96. The Morgan fingerprint density at radius 1 is 0.952 bits per heavy atom. The molecule has 120 valence electrons. The zero-order valence-electron chi connectivity index (χ0n) is 14.4. The van der Waals surface area contributed by atoms with E-state index < -0.39 is 0 Å². The Bertz CT molecular complexity index is 435. The van der Waals surface area contributed by atoms with Crippen LogP contribution in [0.5, 0.6) is 0 Å². The second kappa shape index (κ2) is 9.75. The van der Waals surface area contributed by atoms with Crippen molar-refractivity contribution in [1.29, 1.82) is 0 Å². The Labute approximate surface area is 130 Å². The average molecular weight is 292 g/mol. The van der Waals surface area contributed by atoms with Crippen molar-refractivity contribution in [3.05, 3.63) is 17.0 Å². The molecule has 0 radical (unpaired) electrons. The second-order valence-electron chi connectivity index (χ2n) is 5.74. The number of rotatable bonds is 11. The number of hydrogen-bond donors (Lipinski definition) is 0. The molecule has 1 aromatic rings. The van der Waals surface area contributed by atoms with Crippen LogP contribution in [-0.4, -0.2) is 15.6 Å². The molecule has 0 saturated heterocycles. The molecule has 1 rings (SSSR count). The van der Waals surface area contributed by atoms with E-state index in [1.807, 2.05) is 6.92 Å². The predicted molar refractivity (Wildman–Crippen MR) is 89.0 cm³/mol. The van der Waals surface area contributed by atoms with Crippen LogP contribution in [0.4, 0.5) is 0 Å². The molecule has 0 unspecified atom stereocenters. The summed E-state index contributed by atoms with van der Waals surface area (Å²) < 4.78 is 2.10. The summed E-state index contributed by atoms with van der Waals surface area (Å²) in [5.41, 5.74) is 3.05. The van der Waals surface area contributed by atoms with Crippen LogP contribution >= 0.6 is 0 Å². The Kier molecular flexibility index (Phi) is 8.33. The van der Waals surface area contributed by atoms with Crippen LogP contribution in [-0.2, 0) is 19.4 Å². The zero-order valence-corrected chi connectivity index (χ0v) is 14.4. The van der Waals surface area contributed by atoms with Gasteiger partial charge in [-0.25, -0.2) is 0 Å². The van der Waals surface area contributed by atoms with Gasteiger partial charge in [-0.05, 0) is 19.3 Å². The molecule has 0 bridgehead atoms. The fourth-order valence-electron chi connectivity index (χ4n) is 2.88. The van der Waals surface area contributed by atoms with Gasteiger partial charge >= 0.3 is 0 Å². The molecule has 0 aliphatic rings. The molecule has 3 nitrogen and oxygen atoms in total. The summed E-state index contributed by atoms with van der Waals surface area (Å²) in [6.07, 6.45) is 10.0. The number of nitrogens with zero attached hydrogens (tertiary/aromatic N) is 2. The molecule has 0 saturated carbocycles. The van der Waals surface area contributed by atoms with E-state index in [-0.39, 0.29) is 5.78 Å². The Balaban J connectivity index is 2.69. The van der Waals surface area contributed by atoms with Crippen molar-refractivity contribution in [1.82, 2.24) is 9.78 Å². The van der Waals surface area contributed by atoms with Gasteiger partial charge < -0.3 is 0 Å². The van der Waals surface area contributed by atoms with Crippen LogP contribution in [0.3, 0.4) is 0 Å². The summed E-state index contributed by atoms with van der Waals surface area (Å²) in [5.74, 6) is 0.248. The highest BCUT2D eigenvalue weighted by molar-refractivity contribution is 5.98. The quantitative estimate of drug-likeness (QED) is 0.427. The topological polar surface area (TPSA) is 34.9 Å². The molecular weight excluding hydrogens is 260 g/mol. The molecule has 0 amide bonds. The molecule has 0 fully saturated rings. The number of carbonyl (C=O) groups is 1. The van der Waals surface area contributed by atoms with Crippen LogP contribution in [0.2, 0.25) is 0 Å². The van der Waals surface area contributed by atoms with Crippen molar-refractivity contribution in [2.24, 2.45) is 0 Å². The number of aryl methyl sites for hydroxylation is 2. The first-order valence-electron chi connectivity index (χ1n) is 8.81. The largest absolute Gasteiger partial charge is 0.294 e. The average Bonchev–Trinajstić information content (AvgIpc) is 2.87. The third-order valence-corrected chi connectivity index (χ3v) is 4.12. The van der Waals surface area contributed by atoms with Gasteiger partial charge in [0, 0.05) is 18.7 Å². The third-order valence-electron chi connectivity index (χ3n) is 4.12. The smallest absolute Gasteiger partial charge is 0.166 e. The first-order valence-corrected chi connectivity index (χ1v) is 8.81. The van der Waals surface area contributed by atoms with Crippen LogP contribution in [0.15, 0.2) is 0 Å². The molecule has 3 heteroatoms. The maximum absolute atomic E-state index is 12.2. The molecule has 0 spiro atoms. The van der Waals surface area contributed by atoms with E-state index in [0.29, 0.717) is 6.42 Å². The number of aromatic nitrogens is 2. The summed E-state index contributed by atoms with van der Waals surface area (Å²) in [5, 5.41) is 4.70. The summed E-state index contributed by atoms with van der Waals surface area (Å²) in [6, 6.07) is 0. The van der Waals surface area contributed by atoms with Crippen molar-refractivity contribution in [2.45, 2.75) is 92.0 Å². The van der Waals surface area contributed by atoms with Crippen LogP contribution < -0.4 is 0 Å². The number of carbonyl (C=O) groups excluding carboxylic acids is 1. The number of ketones is 1. The number of Topliss-reactive ketones (excluding diaryl/α,β-unsaturated/α-hetero) is 1. The van der Waals surface area contributed by atoms with E-state index in [4.69, 9.17) is 5.10 Å². The van der Waals surface area contributed by atoms with Gasteiger partial charge in [-0.3, -0.25) is 9.48 Å². The molecule has 0 N–H and O–H groups in total. The van der Waals surface area contributed by atoms with Gasteiger partial charge in [0.2, 0.25) is 0 Å². The monoisotopic (exact) mass is 292 g/mol. The van der Waals surface area contributed by atoms with Gasteiger partial charge in [-0.1, -0.05) is 59.8 Å². The highest BCUT2D eigenvalue weighted by atomic mass is 16.1. The lowest BCUT2D eigenvalue weighted by atomic mass is 10.0. The van der Waals surface area contributed by atoms with Gasteiger partial charge in [0.1, 0.15) is 0 Å². The van der Waals surface area contributed by atoms with E-state index in [2.05, 4.69) is 25.5 Å². The van der Waals surface area contributed by atoms with Crippen molar-refractivity contribution in [2.75, 3.05) is 0 Å². The SMILES string of the molecule is CCCCCCCCn1nc(CC)c(C(=O)CC)c1CC. The molecule has 1 aromatic heterocycles. The summed E-state index contributed by atoms with van der Waals surface area (Å²) in [4.78, 5) is 12.2. The molecule has 21 heavy (non-hydrogen) atoms. The van der Waals surface area contributed by atoms with E-state index in [1.54, 1.807) is 0 Å². The minimum atomic E-state index is 0.248. The van der Waals surface area contributed by atoms with Crippen molar-refractivity contribution >= 4 is 5.78 Å². The molecule has 0 aliphatic carbocycles. The number of hydrogen-bond acceptors (Lipinski definition) is 2. The Hall–Kier alpha value is -1.12. The first kappa shape index (κ1) is 17.9. The number of unbranched alkanes of at least 4 members (excludes halogenated alkanes) is 5. The lowest BCUT2D eigenvalue weighted by Crippen LogP contribution is -2.08. The fourth-order valence-corrected chi connectivity index (χ4v) is 2.88. The zero-order chi connectivity index (χ0) is 15.7. The fraction of sp³-hybridized carbons (Fsp3) is 0.778. The van der Waals surface area contributed by atoms with E-state index >= 15 is 0 Å². The van der Waals surface area contributed by atoms with Crippen LogP contribution in [0, 0.1) is 0 Å². The summed E-state index contributed by atoms with van der Waals surface area (Å²) in [7, 11) is 0. The van der Waals surface area contributed by atoms with E-state index in [0.717, 1.165) is 36.3 Å². The highest BCUT2D eigenvalue weighted by Crippen LogP contribution is 2.19. The minimum Gasteiger partial charge on any atom is -0.294 e. The highest BCUT2D eigenvalue weighted by Gasteiger charge is 2.20. The first-order chi connectivity index (χ1) is 10.2. The van der Waals surface area contributed by atoms with Gasteiger partial charge in [-0.2, -0.15) is 5.10 Å². The van der Waals surface area contributed by atoms with Gasteiger partial charge in [-0.15, -0.1) is 0 Å². The van der Waals surface area contributed by atoms with Crippen LogP contribution in [0.1, 0.15) is 94.4 Å². The maximum atomic E-state index is 12.2. The second-order valence-corrected chi connectivity index (χ2v) is 5.74. The Morgan fingerprint density at radius 3 is 2.19 bits per heavy atom. The van der Waals surface area contributed by atoms with Gasteiger partial charge in [0.15, 0.2) is 5.78 Å². The molecule has 0 aromatic carbocycles.